The summed E-state index contributed by atoms with van der Waals surface area (Å²) in [6.45, 7) is 6.04. The second-order valence-electron chi connectivity index (χ2n) is 6.84. The Balaban J connectivity index is 1.96. The summed E-state index contributed by atoms with van der Waals surface area (Å²) in [6.07, 6.45) is 2.08. The van der Waals surface area contributed by atoms with Crippen LogP contribution in [0, 0.1) is 20.8 Å². The molecule has 3 nitrogen and oxygen atoms in total. The molecule has 3 aromatic rings. The zero-order chi connectivity index (χ0) is 21.2. The van der Waals surface area contributed by atoms with Gasteiger partial charge in [-0.15, -0.1) is 11.8 Å². The summed E-state index contributed by atoms with van der Waals surface area (Å²) >= 11 is 3.19. The summed E-state index contributed by atoms with van der Waals surface area (Å²) in [7, 11) is -2.58. The van der Waals surface area contributed by atoms with E-state index < -0.39 is 10.1 Å². The molecule has 152 valence electrons. The van der Waals surface area contributed by atoms with Gasteiger partial charge in [0.2, 0.25) is 0 Å². The first-order valence-corrected chi connectivity index (χ1v) is 12.5. The van der Waals surface area contributed by atoms with E-state index in [9.17, 15) is 8.42 Å². The minimum Gasteiger partial charge on any atom is -0.270 e. The number of hydrogen-bond acceptors (Lipinski definition) is 5. The van der Waals surface area contributed by atoms with Crippen molar-refractivity contribution in [2.75, 3.05) is 13.4 Å². The SMILES string of the molecule is COS(=O)(=O)c1cc(C)ccc1Sc1ccc(-c2ccc(SC)c(C)c2)cc1C. The van der Waals surface area contributed by atoms with Crippen molar-refractivity contribution in [3.05, 3.63) is 71.3 Å². The molecule has 0 aliphatic carbocycles. The standard InChI is InChI=1S/C23H24O3S3/c1-15-6-9-22(23(12-15)29(24,25)26-4)28-21-11-8-19(14-17(21)3)18-7-10-20(27-5)16(2)13-18/h6-14H,1-5H3. The predicted molar refractivity (Wildman–Crippen MR) is 123 cm³/mol. The Labute approximate surface area is 182 Å². The summed E-state index contributed by atoms with van der Waals surface area (Å²) in [4.78, 5) is 3.16. The Bertz CT molecular complexity index is 1150. The van der Waals surface area contributed by atoms with Crippen LogP contribution in [0.25, 0.3) is 11.1 Å². The van der Waals surface area contributed by atoms with E-state index in [-0.39, 0.29) is 4.90 Å². The molecule has 0 bridgehead atoms. The largest absolute Gasteiger partial charge is 0.297 e. The zero-order valence-electron chi connectivity index (χ0n) is 17.1. The lowest BCUT2D eigenvalue weighted by atomic mass is 10.0. The number of aryl methyl sites for hydroxylation is 3. The Morgan fingerprint density at radius 2 is 1.31 bits per heavy atom. The van der Waals surface area contributed by atoms with E-state index in [2.05, 4.69) is 49.6 Å². The number of benzene rings is 3. The molecular formula is C23H24O3S3. The summed E-state index contributed by atoms with van der Waals surface area (Å²) in [5, 5.41) is 0. The molecule has 0 N–H and O–H groups in total. The average molecular weight is 445 g/mol. The van der Waals surface area contributed by atoms with Gasteiger partial charge in [-0.3, -0.25) is 4.18 Å². The molecule has 0 heterocycles. The quantitative estimate of drug-likeness (QED) is 0.321. The summed E-state index contributed by atoms with van der Waals surface area (Å²) in [6, 6.07) is 18.2. The van der Waals surface area contributed by atoms with Gasteiger partial charge in [0.25, 0.3) is 10.1 Å². The Hall–Kier alpha value is -1.73. The highest BCUT2D eigenvalue weighted by atomic mass is 32.2. The van der Waals surface area contributed by atoms with Crippen molar-refractivity contribution in [3.63, 3.8) is 0 Å². The Kier molecular flexibility index (Phi) is 6.79. The van der Waals surface area contributed by atoms with E-state index in [1.54, 1.807) is 17.8 Å². The summed E-state index contributed by atoms with van der Waals surface area (Å²) in [5.41, 5.74) is 5.57. The molecule has 0 atom stereocenters. The predicted octanol–water partition coefficient (Wildman–Crippen LogP) is 6.49. The van der Waals surface area contributed by atoms with Gasteiger partial charge in [0.1, 0.15) is 4.90 Å². The normalized spacial score (nSPS) is 11.6. The molecule has 0 spiro atoms. The van der Waals surface area contributed by atoms with Gasteiger partial charge >= 0.3 is 0 Å². The van der Waals surface area contributed by atoms with Gasteiger partial charge < -0.3 is 0 Å². The minimum atomic E-state index is -3.77. The molecule has 0 amide bonds. The van der Waals surface area contributed by atoms with E-state index in [0.717, 1.165) is 21.6 Å². The maximum atomic E-state index is 12.3. The fourth-order valence-electron chi connectivity index (χ4n) is 3.10. The Morgan fingerprint density at radius 3 is 1.83 bits per heavy atom. The smallest absolute Gasteiger partial charge is 0.270 e. The lowest BCUT2D eigenvalue weighted by Gasteiger charge is -2.13. The number of rotatable bonds is 6. The van der Waals surface area contributed by atoms with Crippen LogP contribution in [0.4, 0.5) is 0 Å². The Morgan fingerprint density at radius 1 is 0.759 bits per heavy atom. The van der Waals surface area contributed by atoms with Crippen LogP contribution in [0.5, 0.6) is 0 Å². The third kappa shape index (κ3) is 4.89. The summed E-state index contributed by atoms with van der Waals surface area (Å²) < 4.78 is 29.4. The number of hydrogen-bond donors (Lipinski definition) is 0. The first kappa shape index (κ1) is 22.0. The molecule has 3 aromatic carbocycles. The molecule has 3 rings (SSSR count). The van der Waals surface area contributed by atoms with Crippen LogP contribution < -0.4 is 0 Å². The van der Waals surface area contributed by atoms with Crippen molar-refractivity contribution < 1.29 is 12.6 Å². The molecule has 0 saturated carbocycles. The maximum absolute atomic E-state index is 12.3. The molecule has 0 radical (unpaired) electrons. The lowest BCUT2D eigenvalue weighted by molar-refractivity contribution is 0.396. The van der Waals surface area contributed by atoms with Crippen molar-refractivity contribution in [1.82, 2.24) is 0 Å². The van der Waals surface area contributed by atoms with Gasteiger partial charge in [-0.25, -0.2) is 0 Å². The van der Waals surface area contributed by atoms with Gasteiger partial charge in [-0.2, -0.15) is 8.42 Å². The van der Waals surface area contributed by atoms with Gasteiger partial charge in [-0.1, -0.05) is 42.1 Å². The third-order valence-corrected chi connectivity index (χ3v) is 8.31. The zero-order valence-corrected chi connectivity index (χ0v) is 19.6. The minimum absolute atomic E-state index is 0.205. The highest BCUT2D eigenvalue weighted by Crippen LogP contribution is 2.37. The third-order valence-electron chi connectivity index (χ3n) is 4.71. The van der Waals surface area contributed by atoms with Crippen LogP contribution in [-0.4, -0.2) is 21.8 Å². The van der Waals surface area contributed by atoms with E-state index in [1.165, 1.54) is 34.9 Å². The van der Waals surface area contributed by atoms with Crippen LogP contribution in [-0.2, 0) is 14.3 Å². The lowest BCUT2D eigenvalue weighted by Crippen LogP contribution is -2.05. The topological polar surface area (TPSA) is 43.4 Å². The fraction of sp³-hybridized carbons (Fsp3) is 0.217. The van der Waals surface area contributed by atoms with E-state index >= 15 is 0 Å². The van der Waals surface area contributed by atoms with Crippen LogP contribution in [0.1, 0.15) is 16.7 Å². The summed E-state index contributed by atoms with van der Waals surface area (Å²) in [5.74, 6) is 0. The highest BCUT2D eigenvalue weighted by Gasteiger charge is 2.19. The van der Waals surface area contributed by atoms with Gasteiger partial charge in [0, 0.05) is 14.7 Å². The monoisotopic (exact) mass is 444 g/mol. The van der Waals surface area contributed by atoms with Gasteiger partial charge in [-0.05, 0) is 79.1 Å². The van der Waals surface area contributed by atoms with Crippen LogP contribution in [0.15, 0.2) is 74.2 Å². The van der Waals surface area contributed by atoms with Crippen molar-refractivity contribution in [3.8, 4) is 11.1 Å². The van der Waals surface area contributed by atoms with Gasteiger partial charge in [0.15, 0.2) is 0 Å². The van der Waals surface area contributed by atoms with E-state index in [0.29, 0.717) is 4.90 Å². The first-order chi connectivity index (χ1) is 13.7. The van der Waals surface area contributed by atoms with E-state index in [4.69, 9.17) is 4.18 Å². The van der Waals surface area contributed by atoms with E-state index in [1.807, 2.05) is 26.0 Å². The second kappa shape index (κ2) is 8.96. The fourth-order valence-corrected chi connectivity index (χ4v) is 5.83. The molecule has 29 heavy (non-hydrogen) atoms. The van der Waals surface area contributed by atoms with Crippen molar-refractivity contribution in [2.24, 2.45) is 0 Å². The molecular weight excluding hydrogens is 420 g/mol. The van der Waals surface area contributed by atoms with Crippen LogP contribution in [0.2, 0.25) is 0 Å². The number of thioether (sulfide) groups is 1. The molecule has 0 saturated heterocycles. The van der Waals surface area contributed by atoms with Gasteiger partial charge in [0.05, 0.1) is 7.11 Å². The molecule has 0 aliphatic rings. The second-order valence-corrected chi connectivity index (χ2v) is 10.5. The molecule has 0 aliphatic heterocycles. The first-order valence-electron chi connectivity index (χ1n) is 9.10. The van der Waals surface area contributed by atoms with Crippen LogP contribution >= 0.6 is 23.5 Å². The molecule has 0 unspecified atom stereocenters. The highest BCUT2D eigenvalue weighted by molar-refractivity contribution is 8.00. The van der Waals surface area contributed by atoms with Crippen molar-refractivity contribution in [2.45, 2.75) is 40.4 Å². The average Bonchev–Trinajstić information content (AvgIpc) is 2.70. The molecule has 0 fully saturated rings. The van der Waals surface area contributed by atoms with Crippen LogP contribution in [0.3, 0.4) is 0 Å². The maximum Gasteiger partial charge on any atom is 0.297 e. The molecule has 0 aromatic heterocycles. The molecule has 6 heteroatoms. The van der Waals surface area contributed by atoms with Crippen molar-refractivity contribution in [1.29, 1.82) is 0 Å². The van der Waals surface area contributed by atoms with Crippen molar-refractivity contribution >= 4 is 33.6 Å².